The van der Waals surface area contributed by atoms with Gasteiger partial charge in [0.25, 0.3) is 0 Å². The van der Waals surface area contributed by atoms with E-state index in [9.17, 15) is 26.3 Å². The monoisotopic (exact) mass is 702 g/mol. The third kappa shape index (κ3) is 8.13. The van der Waals surface area contributed by atoms with Gasteiger partial charge in [0.2, 0.25) is 5.95 Å². The number of pyridine rings is 1. The molecule has 270 valence electrons. The number of nitrogens with zero attached hydrogens (tertiary/aromatic N) is 6. The molecule has 0 atom stereocenters. The summed E-state index contributed by atoms with van der Waals surface area (Å²) in [5.41, 5.74) is 0.919. The lowest BCUT2D eigenvalue weighted by Gasteiger charge is -2.31. The van der Waals surface area contributed by atoms with Gasteiger partial charge in [-0.2, -0.15) is 26.3 Å². The van der Waals surface area contributed by atoms with Crippen LogP contribution >= 0.6 is 0 Å². The molecule has 3 aromatic rings. The molecule has 0 N–H and O–H groups in total. The van der Waals surface area contributed by atoms with E-state index in [-0.39, 0.29) is 36.1 Å². The van der Waals surface area contributed by atoms with Crippen LogP contribution in [0.15, 0.2) is 36.7 Å². The van der Waals surface area contributed by atoms with E-state index in [0.717, 1.165) is 85.7 Å². The molecule has 13 heteroatoms. The summed E-state index contributed by atoms with van der Waals surface area (Å²) in [5, 5.41) is 0. The van der Waals surface area contributed by atoms with Gasteiger partial charge in [0.15, 0.2) is 0 Å². The largest absolute Gasteiger partial charge is 0.416 e. The Hall–Kier alpha value is -3.61. The van der Waals surface area contributed by atoms with Crippen molar-refractivity contribution in [2.45, 2.75) is 89.7 Å². The van der Waals surface area contributed by atoms with E-state index in [2.05, 4.69) is 39.7 Å². The normalized spacial score (nSPS) is 19.1. The number of halogens is 6. The van der Waals surface area contributed by atoms with E-state index < -0.39 is 23.5 Å². The van der Waals surface area contributed by atoms with Crippen LogP contribution in [-0.2, 0) is 42.0 Å². The standard InChI is InChI=1S/C37H44F6N6O/c1-35(2)9-7-27-17-28(33(46-32(27)35)48(21-25-5-6-25)10-8-24-3-4-24)23-49(34-44-19-31(20-45-34)47-11-13-50-14-12-47)22-26-15-29(36(38,39)40)18-30(16-26)37(41,42)43/h15-20,24-25H,3-14,21-23H2,1-2H3. The maximum atomic E-state index is 13.9. The van der Waals surface area contributed by atoms with Crippen LogP contribution < -0.4 is 14.7 Å². The predicted octanol–water partition coefficient (Wildman–Crippen LogP) is 8.19. The summed E-state index contributed by atoms with van der Waals surface area (Å²) in [6.07, 6.45) is 1.07. The summed E-state index contributed by atoms with van der Waals surface area (Å²) < 4.78 is 88.9. The van der Waals surface area contributed by atoms with E-state index >= 15 is 0 Å². The molecule has 3 fully saturated rings. The Bertz CT molecular complexity index is 1630. The lowest BCUT2D eigenvalue weighted by molar-refractivity contribution is -0.143. The van der Waals surface area contributed by atoms with Crippen molar-refractivity contribution in [2.24, 2.45) is 11.8 Å². The highest BCUT2D eigenvalue weighted by Gasteiger charge is 2.38. The highest BCUT2D eigenvalue weighted by Crippen LogP contribution is 2.42. The van der Waals surface area contributed by atoms with Crippen molar-refractivity contribution < 1.29 is 31.1 Å². The maximum Gasteiger partial charge on any atom is 0.416 e. The van der Waals surface area contributed by atoms with Crippen LogP contribution in [0.2, 0.25) is 0 Å². The molecule has 4 aliphatic rings. The first-order chi connectivity index (χ1) is 23.7. The molecule has 0 unspecified atom stereocenters. The zero-order valence-corrected chi connectivity index (χ0v) is 28.6. The van der Waals surface area contributed by atoms with E-state index in [4.69, 9.17) is 9.72 Å². The number of benzene rings is 1. The summed E-state index contributed by atoms with van der Waals surface area (Å²) in [7, 11) is 0. The molecule has 0 bridgehead atoms. The number of hydrogen-bond acceptors (Lipinski definition) is 7. The Kier molecular flexibility index (Phi) is 9.40. The Labute approximate surface area is 289 Å². The molecule has 7 rings (SSSR count). The van der Waals surface area contributed by atoms with Crippen LogP contribution in [0, 0.1) is 11.8 Å². The molecule has 1 aromatic carbocycles. The highest BCUT2D eigenvalue weighted by atomic mass is 19.4. The fourth-order valence-corrected chi connectivity index (χ4v) is 7.16. The van der Waals surface area contributed by atoms with Gasteiger partial charge < -0.3 is 19.4 Å². The average molecular weight is 703 g/mol. The second-order valence-electron chi connectivity index (χ2n) is 15.1. The Balaban J connectivity index is 1.29. The van der Waals surface area contributed by atoms with Crippen LogP contribution in [0.1, 0.15) is 85.9 Å². The molecule has 1 aliphatic heterocycles. The van der Waals surface area contributed by atoms with Gasteiger partial charge in [-0.05, 0) is 79.3 Å². The van der Waals surface area contributed by atoms with Crippen LogP contribution in [0.3, 0.4) is 0 Å². The van der Waals surface area contributed by atoms with Crippen LogP contribution in [0.25, 0.3) is 0 Å². The van der Waals surface area contributed by atoms with Crippen molar-refractivity contribution in [1.82, 2.24) is 15.0 Å². The average Bonchev–Trinajstić information content (AvgIpc) is 4.02. The van der Waals surface area contributed by atoms with Gasteiger partial charge in [0.1, 0.15) is 5.82 Å². The Morgan fingerprint density at radius 1 is 0.840 bits per heavy atom. The Morgan fingerprint density at radius 2 is 1.48 bits per heavy atom. The van der Waals surface area contributed by atoms with Crippen molar-refractivity contribution in [2.75, 3.05) is 54.1 Å². The first-order valence-corrected chi connectivity index (χ1v) is 17.7. The molecule has 0 spiro atoms. The molecular weight excluding hydrogens is 658 g/mol. The highest BCUT2D eigenvalue weighted by molar-refractivity contribution is 5.55. The first-order valence-electron chi connectivity index (χ1n) is 17.7. The maximum absolute atomic E-state index is 13.9. The number of morpholine rings is 1. The second kappa shape index (κ2) is 13.5. The summed E-state index contributed by atoms with van der Waals surface area (Å²) in [6, 6.07) is 3.92. The Morgan fingerprint density at radius 3 is 2.08 bits per heavy atom. The molecule has 3 heterocycles. The van der Waals surface area contributed by atoms with Gasteiger partial charge in [0, 0.05) is 50.2 Å². The summed E-state index contributed by atoms with van der Waals surface area (Å²) >= 11 is 0. The van der Waals surface area contributed by atoms with Gasteiger partial charge in [-0.3, -0.25) is 0 Å². The summed E-state index contributed by atoms with van der Waals surface area (Å²) in [6.45, 7) is 8.48. The molecule has 2 aromatic heterocycles. The number of fused-ring (bicyclic) bond motifs is 1. The SMILES string of the molecule is CC1(C)CCc2cc(CN(Cc3cc(C(F)(F)F)cc(C(F)(F)F)c3)c3ncc(N4CCOCC4)cn3)c(N(CCC3CC3)CC3CC3)nc21. The number of anilines is 3. The second-order valence-corrected chi connectivity index (χ2v) is 15.1. The van der Waals surface area contributed by atoms with Crippen LogP contribution in [0.4, 0.5) is 43.8 Å². The smallest absolute Gasteiger partial charge is 0.378 e. The minimum atomic E-state index is -4.95. The van der Waals surface area contributed by atoms with E-state index in [1.54, 1.807) is 17.3 Å². The lowest BCUT2D eigenvalue weighted by atomic mass is 9.90. The number of ether oxygens (including phenoxy) is 1. The third-order valence-electron chi connectivity index (χ3n) is 10.5. The number of aryl methyl sites for hydroxylation is 1. The number of aromatic nitrogens is 3. The zero-order valence-electron chi connectivity index (χ0n) is 28.6. The molecule has 1 saturated heterocycles. The zero-order chi connectivity index (χ0) is 35.3. The van der Waals surface area contributed by atoms with Crippen molar-refractivity contribution >= 4 is 17.5 Å². The minimum absolute atomic E-state index is 0.103. The molecule has 0 amide bonds. The fourth-order valence-electron chi connectivity index (χ4n) is 7.16. The summed E-state index contributed by atoms with van der Waals surface area (Å²) in [5.74, 6) is 2.36. The number of hydrogen-bond donors (Lipinski definition) is 0. The molecule has 2 saturated carbocycles. The number of rotatable bonds is 12. The summed E-state index contributed by atoms with van der Waals surface area (Å²) in [4.78, 5) is 20.8. The molecule has 50 heavy (non-hydrogen) atoms. The van der Waals surface area contributed by atoms with Gasteiger partial charge in [-0.15, -0.1) is 0 Å². The number of alkyl halides is 6. The van der Waals surface area contributed by atoms with Crippen molar-refractivity contribution in [3.05, 3.63) is 70.2 Å². The van der Waals surface area contributed by atoms with E-state index in [1.165, 1.54) is 12.8 Å². The molecular formula is C37H44F6N6O. The van der Waals surface area contributed by atoms with E-state index in [1.807, 2.05) is 0 Å². The third-order valence-corrected chi connectivity index (χ3v) is 10.5. The van der Waals surface area contributed by atoms with Crippen LogP contribution in [-0.4, -0.2) is 54.3 Å². The predicted molar refractivity (Wildman–Crippen MR) is 179 cm³/mol. The van der Waals surface area contributed by atoms with Crippen molar-refractivity contribution in [3.63, 3.8) is 0 Å². The first kappa shape index (κ1) is 34.8. The van der Waals surface area contributed by atoms with Gasteiger partial charge in [-0.1, -0.05) is 26.7 Å². The lowest BCUT2D eigenvalue weighted by Crippen LogP contribution is -2.36. The van der Waals surface area contributed by atoms with Gasteiger partial charge in [-0.25, -0.2) is 15.0 Å². The quantitative estimate of drug-likeness (QED) is 0.177. The van der Waals surface area contributed by atoms with Gasteiger partial charge in [0.05, 0.1) is 48.1 Å². The van der Waals surface area contributed by atoms with Crippen LogP contribution in [0.5, 0.6) is 0 Å². The molecule has 7 nitrogen and oxygen atoms in total. The molecule has 0 radical (unpaired) electrons. The minimum Gasteiger partial charge on any atom is -0.378 e. The fraction of sp³-hybridized carbons (Fsp3) is 0.595. The van der Waals surface area contributed by atoms with Crippen molar-refractivity contribution in [3.8, 4) is 0 Å². The van der Waals surface area contributed by atoms with Gasteiger partial charge >= 0.3 is 12.4 Å². The van der Waals surface area contributed by atoms with E-state index in [0.29, 0.717) is 38.1 Å². The topological polar surface area (TPSA) is 57.6 Å². The molecule has 3 aliphatic carbocycles. The van der Waals surface area contributed by atoms with Crippen molar-refractivity contribution in [1.29, 1.82) is 0 Å².